The molecule has 0 spiro atoms. The van der Waals surface area contributed by atoms with Crippen LogP contribution in [0, 0.1) is 0 Å². The fourth-order valence-corrected chi connectivity index (χ4v) is 7.06. The summed E-state index contributed by atoms with van der Waals surface area (Å²) in [5.74, 6) is 1.41. The van der Waals surface area contributed by atoms with Crippen LogP contribution < -0.4 is 14.5 Å². The van der Waals surface area contributed by atoms with Gasteiger partial charge < -0.3 is 28.6 Å². The number of halogens is 2. The van der Waals surface area contributed by atoms with Crippen LogP contribution in [0.25, 0.3) is 22.3 Å². The van der Waals surface area contributed by atoms with Crippen LogP contribution in [-0.2, 0) is 21.8 Å². The molecule has 6 aromatic rings. The van der Waals surface area contributed by atoms with Gasteiger partial charge in [0, 0.05) is 65.8 Å². The summed E-state index contributed by atoms with van der Waals surface area (Å²) in [4.78, 5) is 18.9. The average molecular weight is 694 g/mol. The van der Waals surface area contributed by atoms with E-state index in [4.69, 9.17) is 47.4 Å². The van der Waals surface area contributed by atoms with Crippen LogP contribution in [0.5, 0.6) is 5.75 Å². The molecule has 11 heteroatoms. The van der Waals surface area contributed by atoms with Crippen LogP contribution >= 0.6 is 23.2 Å². The lowest BCUT2D eigenvalue weighted by Crippen LogP contribution is -2.47. The molecule has 4 heterocycles. The molecule has 8 rings (SSSR count). The van der Waals surface area contributed by atoms with Crippen molar-refractivity contribution in [3.63, 3.8) is 0 Å². The Morgan fingerprint density at radius 1 is 0.837 bits per heavy atom. The summed E-state index contributed by atoms with van der Waals surface area (Å²) in [6.07, 6.45) is 5.01. The molecule has 9 nitrogen and oxygen atoms in total. The number of fused-ring (bicyclic) bond motifs is 1. The highest BCUT2D eigenvalue weighted by Crippen LogP contribution is 2.41. The monoisotopic (exact) mass is 692 g/mol. The van der Waals surface area contributed by atoms with Gasteiger partial charge in [0.05, 0.1) is 30.0 Å². The van der Waals surface area contributed by atoms with Crippen molar-refractivity contribution < 1.29 is 14.2 Å². The molecule has 0 amide bonds. The summed E-state index contributed by atoms with van der Waals surface area (Å²) in [6, 6.07) is 32.0. The zero-order valence-electron chi connectivity index (χ0n) is 26.7. The lowest BCUT2D eigenvalue weighted by atomic mass is 10.1. The maximum absolute atomic E-state index is 6.62. The third kappa shape index (κ3) is 6.67. The minimum absolute atomic E-state index is 0.302. The number of anilines is 2. The molecule has 2 aliphatic rings. The van der Waals surface area contributed by atoms with Crippen LogP contribution in [0.2, 0.25) is 10.0 Å². The van der Waals surface area contributed by atoms with Gasteiger partial charge in [-0.2, -0.15) is 0 Å². The first-order valence-electron chi connectivity index (χ1n) is 16.3. The van der Waals surface area contributed by atoms with Crippen molar-refractivity contribution in [2.75, 3.05) is 49.2 Å². The molecule has 0 saturated carbocycles. The molecule has 0 N–H and O–H groups in total. The molecule has 2 aliphatic heterocycles. The average Bonchev–Trinajstić information content (AvgIpc) is 3.81. The first-order valence-corrected chi connectivity index (χ1v) is 17.1. The number of benzene rings is 4. The van der Waals surface area contributed by atoms with Gasteiger partial charge >= 0.3 is 0 Å². The van der Waals surface area contributed by atoms with E-state index in [0.717, 1.165) is 65.7 Å². The third-order valence-corrected chi connectivity index (χ3v) is 9.53. The van der Waals surface area contributed by atoms with Gasteiger partial charge in [-0.3, -0.25) is 0 Å². The van der Waals surface area contributed by atoms with Gasteiger partial charge in [0.25, 0.3) is 0 Å². The number of piperazine rings is 1. The Labute approximate surface area is 294 Å². The Bertz CT molecular complexity index is 2040. The Morgan fingerprint density at radius 2 is 1.61 bits per heavy atom. The zero-order valence-corrected chi connectivity index (χ0v) is 28.2. The van der Waals surface area contributed by atoms with Gasteiger partial charge in [-0.15, -0.1) is 0 Å². The van der Waals surface area contributed by atoms with Gasteiger partial charge in [-0.1, -0.05) is 71.7 Å². The minimum atomic E-state index is -1.09. The smallest absolute Gasteiger partial charge is 0.215 e. The number of ether oxygens (including phenoxy) is 3. The highest BCUT2D eigenvalue weighted by Gasteiger charge is 2.45. The highest BCUT2D eigenvalue weighted by molar-refractivity contribution is 6.35. The molecule has 2 fully saturated rings. The van der Waals surface area contributed by atoms with E-state index in [2.05, 4.69) is 57.2 Å². The van der Waals surface area contributed by atoms with E-state index >= 15 is 0 Å². The standard InChI is InChI=1S/C38H34Cl2N6O3/c39-28-10-15-33(34(40)22-28)38(25-44-17-16-41-26-44)48-24-31(49-38)23-47-30-13-11-29(12-14-30)45-18-20-46(21-19-45)37-32-8-4-5-9-35(32)42-36(43-37)27-6-2-1-3-7-27/h1-17,22,26,31H,18-21,23-25H2. The van der Waals surface area contributed by atoms with Crippen molar-refractivity contribution in [3.8, 4) is 17.1 Å². The van der Waals surface area contributed by atoms with E-state index in [1.54, 1.807) is 24.7 Å². The molecular weight excluding hydrogens is 659 g/mol. The first kappa shape index (κ1) is 31.6. The Morgan fingerprint density at radius 3 is 2.39 bits per heavy atom. The van der Waals surface area contributed by atoms with E-state index in [1.165, 1.54) is 0 Å². The van der Waals surface area contributed by atoms with Crippen LogP contribution in [0.1, 0.15) is 5.56 Å². The van der Waals surface area contributed by atoms with E-state index in [9.17, 15) is 0 Å². The van der Waals surface area contributed by atoms with E-state index in [-0.39, 0.29) is 6.10 Å². The number of imidazole rings is 1. The molecule has 2 saturated heterocycles. The second-order valence-electron chi connectivity index (χ2n) is 12.2. The SMILES string of the molecule is Clc1ccc(C2(Cn3ccnc3)OCC(COc3ccc(N4CCN(c5nc(-c6ccccc6)nc6ccccc56)CC4)cc3)O2)c(Cl)c1. The summed E-state index contributed by atoms with van der Waals surface area (Å²) in [5.41, 5.74) is 3.84. The van der Waals surface area contributed by atoms with Gasteiger partial charge in [-0.05, 0) is 48.5 Å². The molecule has 2 aromatic heterocycles. The largest absolute Gasteiger partial charge is 0.491 e. The molecule has 0 radical (unpaired) electrons. The summed E-state index contributed by atoms with van der Waals surface area (Å²) in [5, 5.41) is 2.10. The lowest BCUT2D eigenvalue weighted by molar-refractivity contribution is -0.189. The Hall–Kier alpha value is -4.67. The number of para-hydroxylation sites is 1. The predicted octanol–water partition coefficient (Wildman–Crippen LogP) is 7.47. The molecule has 2 unspecified atom stereocenters. The molecule has 2 atom stereocenters. The summed E-state index contributed by atoms with van der Waals surface area (Å²) in [6.45, 7) is 4.51. The van der Waals surface area contributed by atoms with Gasteiger partial charge in [0.15, 0.2) is 5.82 Å². The second-order valence-corrected chi connectivity index (χ2v) is 13.0. The number of rotatable bonds is 9. The van der Waals surface area contributed by atoms with E-state index in [1.807, 2.05) is 53.2 Å². The molecule has 49 heavy (non-hydrogen) atoms. The summed E-state index contributed by atoms with van der Waals surface area (Å²) in [7, 11) is 0. The minimum Gasteiger partial charge on any atom is -0.491 e. The van der Waals surface area contributed by atoms with Crippen molar-refractivity contribution in [2.45, 2.75) is 18.4 Å². The summed E-state index contributed by atoms with van der Waals surface area (Å²) < 4.78 is 20.9. The lowest BCUT2D eigenvalue weighted by Gasteiger charge is -2.37. The van der Waals surface area contributed by atoms with Gasteiger partial charge in [-0.25, -0.2) is 15.0 Å². The third-order valence-electron chi connectivity index (χ3n) is 8.98. The number of nitrogens with zero attached hydrogens (tertiary/aromatic N) is 6. The zero-order chi connectivity index (χ0) is 33.2. The first-order chi connectivity index (χ1) is 24.0. The number of aromatic nitrogens is 4. The maximum Gasteiger partial charge on any atom is 0.215 e. The maximum atomic E-state index is 6.62. The van der Waals surface area contributed by atoms with Crippen molar-refractivity contribution in [1.82, 2.24) is 19.5 Å². The van der Waals surface area contributed by atoms with Crippen molar-refractivity contribution in [1.29, 1.82) is 0 Å². The number of hydrogen-bond acceptors (Lipinski definition) is 8. The highest BCUT2D eigenvalue weighted by atomic mass is 35.5. The van der Waals surface area contributed by atoms with Gasteiger partial charge in [0.2, 0.25) is 5.79 Å². The molecule has 0 aliphatic carbocycles. The van der Waals surface area contributed by atoms with Crippen molar-refractivity contribution in [3.05, 3.63) is 131 Å². The quantitative estimate of drug-likeness (QED) is 0.154. The van der Waals surface area contributed by atoms with Crippen molar-refractivity contribution >= 4 is 45.6 Å². The fourth-order valence-electron chi connectivity index (χ4n) is 6.51. The van der Waals surface area contributed by atoms with Crippen LogP contribution in [-0.4, -0.2) is 65.0 Å². The van der Waals surface area contributed by atoms with E-state index < -0.39 is 5.79 Å². The van der Waals surface area contributed by atoms with E-state index in [0.29, 0.717) is 35.4 Å². The van der Waals surface area contributed by atoms with Crippen LogP contribution in [0.3, 0.4) is 0 Å². The Balaban J connectivity index is 0.907. The van der Waals surface area contributed by atoms with Gasteiger partial charge in [0.1, 0.15) is 24.3 Å². The van der Waals surface area contributed by atoms with Crippen LogP contribution in [0.4, 0.5) is 11.5 Å². The molecule has 0 bridgehead atoms. The summed E-state index contributed by atoms with van der Waals surface area (Å²) >= 11 is 12.8. The van der Waals surface area contributed by atoms with Crippen LogP contribution in [0.15, 0.2) is 116 Å². The fraction of sp³-hybridized carbons (Fsp3) is 0.237. The molecule has 4 aromatic carbocycles. The normalized spacial score (nSPS) is 19.4. The predicted molar refractivity (Wildman–Crippen MR) is 193 cm³/mol. The van der Waals surface area contributed by atoms with Crippen molar-refractivity contribution in [2.24, 2.45) is 0 Å². The number of hydrogen-bond donors (Lipinski definition) is 0. The molecular formula is C38H34Cl2N6O3. The Kier molecular flexibility index (Phi) is 8.82. The topological polar surface area (TPSA) is 77.8 Å². The second kappa shape index (κ2) is 13.7. The molecule has 248 valence electrons.